The van der Waals surface area contributed by atoms with Crippen molar-refractivity contribution < 1.29 is 9.59 Å². The minimum atomic E-state index is 0.123. The van der Waals surface area contributed by atoms with Crippen LogP contribution in [0, 0.1) is 0 Å². The summed E-state index contributed by atoms with van der Waals surface area (Å²) in [6.45, 7) is 2.88. The number of nitrogens with two attached hydrogens (primary N) is 1. The summed E-state index contributed by atoms with van der Waals surface area (Å²) in [5.41, 5.74) is 5.89. The number of carbonyl (C=O) groups excluding carboxylic acids is 2. The average Bonchev–Trinajstić information content (AvgIpc) is 2.61. The molecular formula is C14H25N3O2. The Morgan fingerprint density at radius 2 is 2.05 bits per heavy atom. The highest BCUT2D eigenvalue weighted by molar-refractivity contribution is 5.79. The molecule has 2 aliphatic heterocycles. The van der Waals surface area contributed by atoms with Gasteiger partial charge in [0, 0.05) is 45.1 Å². The van der Waals surface area contributed by atoms with Crippen LogP contribution in [0.1, 0.15) is 44.9 Å². The molecule has 5 nitrogen and oxygen atoms in total. The maximum atomic E-state index is 12.1. The Morgan fingerprint density at radius 3 is 2.84 bits per heavy atom. The van der Waals surface area contributed by atoms with Crippen molar-refractivity contribution in [1.82, 2.24) is 9.80 Å². The Balaban J connectivity index is 1.77. The lowest BCUT2D eigenvalue weighted by Crippen LogP contribution is -2.46. The average molecular weight is 267 g/mol. The molecule has 0 saturated carbocycles. The zero-order chi connectivity index (χ0) is 13.7. The molecule has 108 valence electrons. The SMILES string of the molecule is NC1CCCN(C(=O)CCN2CCCCCC2=O)C1. The number of likely N-dealkylation sites (tertiary alicyclic amines) is 2. The second-order valence-corrected chi connectivity index (χ2v) is 5.68. The van der Waals surface area contributed by atoms with Crippen molar-refractivity contribution in [2.45, 2.75) is 51.0 Å². The summed E-state index contributed by atoms with van der Waals surface area (Å²) in [7, 11) is 0. The minimum absolute atomic E-state index is 0.123. The smallest absolute Gasteiger partial charge is 0.224 e. The molecule has 0 aliphatic carbocycles. The van der Waals surface area contributed by atoms with Crippen molar-refractivity contribution in [1.29, 1.82) is 0 Å². The summed E-state index contributed by atoms with van der Waals surface area (Å²) in [5, 5.41) is 0. The van der Waals surface area contributed by atoms with E-state index in [4.69, 9.17) is 5.73 Å². The molecule has 1 atom stereocenters. The number of carbonyl (C=O) groups is 2. The van der Waals surface area contributed by atoms with E-state index in [0.29, 0.717) is 25.9 Å². The Kier molecular flexibility index (Phi) is 5.19. The van der Waals surface area contributed by atoms with Crippen LogP contribution in [0.2, 0.25) is 0 Å². The van der Waals surface area contributed by atoms with E-state index in [-0.39, 0.29) is 17.9 Å². The molecular weight excluding hydrogens is 242 g/mol. The fraction of sp³-hybridized carbons (Fsp3) is 0.857. The quantitative estimate of drug-likeness (QED) is 0.819. The van der Waals surface area contributed by atoms with Gasteiger partial charge >= 0.3 is 0 Å². The van der Waals surface area contributed by atoms with Crippen LogP contribution in [0.15, 0.2) is 0 Å². The molecule has 0 radical (unpaired) electrons. The Bertz CT molecular complexity index is 333. The van der Waals surface area contributed by atoms with Gasteiger partial charge in [0.15, 0.2) is 0 Å². The molecule has 2 aliphatic rings. The molecule has 2 saturated heterocycles. The molecule has 2 rings (SSSR count). The van der Waals surface area contributed by atoms with Gasteiger partial charge in [-0.25, -0.2) is 0 Å². The van der Waals surface area contributed by atoms with Crippen LogP contribution >= 0.6 is 0 Å². The number of piperidine rings is 1. The third-order valence-corrected chi connectivity index (χ3v) is 4.08. The summed E-state index contributed by atoms with van der Waals surface area (Å²) in [5.74, 6) is 0.354. The van der Waals surface area contributed by atoms with Gasteiger partial charge in [-0.3, -0.25) is 9.59 Å². The normalized spacial score (nSPS) is 25.3. The van der Waals surface area contributed by atoms with Crippen LogP contribution in [0.25, 0.3) is 0 Å². The van der Waals surface area contributed by atoms with Crippen molar-refractivity contribution in [2.75, 3.05) is 26.2 Å². The molecule has 5 heteroatoms. The zero-order valence-corrected chi connectivity index (χ0v) is 11.6. The first-order valence-electron chi connectivity index (χ1n) is 7.48. The van der Waals surface area contributed by atoms with Crippen molar-refractivity contribution >= 4 is 11.8 Å². The van der Waals surface area contributed by atoms with Gasteiger partial charge in [0.05, 0.1) is 0 Å². The first kappa shape index (κ1) is 14.3. The van der Waals surface area contributed by atoms with E-state index in [0.717, 1.165) is 45.2 Å². The third kappa shape index (κ3) is 4.20. The number of nitrogens with zero attached hydrogens (tertiary/aromatic N) is 2. The molecule has 2 N–H and O–H groups in total. The lowest BCUT2D eigenvalue weighted by atomic mass is 10.1. The van der Waals surface area contributed by atoms with Gasteiger partial charge < -0.3 is 15.5 Å². The fourth-order valence-electron chi connectivity index (χ4n) is 2.90. The highest BCUT2D eigenvalue weighted by Gasteiger charge is 2.23. The van der Waals surface area contributed by atoms with E-state index in [2.05, 4.69) is 0 Å². The number of hydrogen-bond donors (Lipinski definition) is 1. The summed E-state index contributed by atoms with van der Waals surface area (Å²) in [4.78, 5) is 27.7. The van der Waals surface area contributed by atoms with Crippen LogP contribution in [-0.4, -0.2) is 53.8 Å². The number of hydrogen-bond acceptors (Lipinski definition) is 3. The highest BCUT2D eigenvalue weighted by atomic mass is 16.2. The van der Waals surface area contributed by atoms with Crippen molar-refractivity contribution in [3.63, 3.8) is 0 Å². The van der Waals surface area contributed by atoms with E-state index < -0.39 is 0 Å². The summed E-state index contributed by atoms with van der Waals surface area (Å²) in [6, 6.07) is 0.123. The van der Waals surface area contributed by atoms with Gasteiger partial charge in [-0.15, -0.1) is 0 Å². The van der Waals surface area contributed by atoms with Crippen molar-refractivity contribution in [3.8, 4) is 0 Å². The maximum Gasteiger partial charge on any atom is 0.224 e. The van der Waals surface area contributed by atoms with Crippen LogP contribution in [0.5, 0.6) is 0 Å². The van der Waals surface area contributed by atoms with Gasteiger partial charge in [-0.2, -0.15) is 0 Å². The lowest BCUT2D eigenvalue weighted by Gasteiger charge is -2.31. The van der Waals surface area contributed by atoms with Gasteiger partial charge in [-0.05, 0) is 25.7 Å². The van der Waals surface area contributed by atoms with E-state index in [9.17, 15) is 9.59 Å². The molecule has 2 heterocycles. The molecule has 19 heavy (non-hydrogen) atoms. The van der Waals surface area contributed by atoms with Crippen LogP contribution in [-0.2, 0) is 9.59 Å². The standard InChI is InChI=1S/C14H25N3O2/c15-12-5-4-9-17(11-12)14(19)7-10-16-8-3-1-2-6-13(16)18/h12H,1-11,15H2. The first-order chi connectivity index (χ1) is 9.16. The van der Waals surface area contributed by atoms with Gasteiger partial charge in [0.25, 0.3) is 0 Å². The largest absolute Gasteiger partial charge is 0.342 e. The van der Waals surface area contributed by atoms with E-state index in [1.54, 1.807) is 0 Å². The molecule has 2 amide bonds. The first-order valence-corrected chi connectivity index (χ1v) is 7.48. The Morgan fingerprint density at radius 1 is 1.21 bits per heavy atom. The monoisotopic (exact) mass is 267 g/mol. The molecule has 0 aromatic heterocycles. The molecule has 1 unspecified atom stereocenters. The van der Waals surface area contributed by atoms with Crippen molar-refractivity contribution in [2.24, 2.45) is 5.73 Å². The second-order valence-electron chi connectivity index (χ2n) is 5.68. The molecule has 0 bridgehead atoms. The Hall–Kier alpha value is -1.10. The van der Waals surface area contributed by atoms with Crippen LogP contribution < -0.4 is 5.73 Å². The van der Waals surface area contributed by atoms with E-state index in [1.165, 1.54) is 0 Å². The number of rotatable bonds is 3. The maximum absolute atomic E-state index is 12.1. The molecule has 0 aromatic rings. The van der Waals surface area contributed by atoms with Gasteiger partial charge in [-0.1, -0.05) is 6.42 Å². The minimum Gasteiger partial charge on any atom is -0.342 e. The topological polar surface area (TPSA) is 66.6 Å². The number of amides is 2. The van der Waals surface area contributed by atoms with Crippen LogP contribution in [0.3, 0.4) is 0 Å². The highest BCUT2D eigenvalue weighted by Crippen LogP contribution is 2.13. The van der Waals surface area contributed by atoms with Gasteiger partial charge in [0.2, 0.25) is 11.8 Å². The second kappa shape index (κ2) is 6.89. The van der Waals surface area contributed by atoms with E-state index >= 15 is 0 Å². The van der Waals surface area contributed by atoms with E-state index in [1.807, 2.05) is 9.80 Å². The molecule has 0 aromatic carbocycles. The summed E-state index contributed by atoms with van der Waals surface area (Å²) >= 11 is 0. The molecule has 2 fully saturated rings. The summed E-state index contributed by atoms with van der Waals surface area (Å²) in [6.07, 6.45) is 6.27. The third-order valence-electron chi connectivity index (χ3n) is 4.08. The van der Waals surface area contributed by atoms with Crippen molar-refractivity contribution in [3.05, 3.63) is 0 Å². The lowest BCUT2D eigenvalue weighted by molar-refractivity contribution is -0.134. The predicted molar refractivity (Wildman–Crippen MR) is 73.5 cm³/mol. The fourth-order valence-corrected chi connectivity index (χ4v) is 2.90. The molecule has 0 spiro atoms. The predicted octanol–water partition coefficient (Wildman–Crippen LogP) is 0.729. The van der Waals surface area contributed by atoms with Crippen LogP contribution in [0.4, 0.5) is 0 Å². The Labute approximate surface area is 115 Å². The van der Waals surface area contributed by atoms with Gasteiger partial charge in [0.1, 0.15) is 0 Å². The zero-order valence-electron chi connectivity index (χ0n) is 11.6. The summed E-state index contributed by atoms with van der Waals surface area (Å²) < 4.78 is 0.